The minimum absolute atomic E-state index is 0.414. The van der Waals surface area contributed by atoms with Crippen molar-refractivity contribution in [2.75, 3.05) is 5.32 Å². The number of primary amides is 1. The SMILES string of the molecule is Cc1c(Br)cccc1NCc1ccc(C(N)=O)cc1Cl. The zero-order valence-electron chi connectivity index (χ0n) is 10.9. The smallest absolute Gasteiger partial charge is 0.248 e. The minimum atomic E-state index is -0.478. The van der Waals surface area contributed by atoms with Gasteiger partial charge in [-0.15, -0.1) is 0 Å². The van der Waals surface area contributed by atoms with E-state index < -0.39 is 5.91 Å². The summed E-state index contributed by atoms with van der Waals surface area (Å²) in [7, 11) is 0. The molecule has 0 aliphatic heterocycles. The van der Waals surface area contributed by atoms with Crippen molar-refractivity contribution in [3.05, 3.63) is 62.6 Å². The van der Waals surface area contributed by atoms with Gasteiger partial charge in [0.2, 0.25) is 5.91 Å². The normalized spacial score (nSPS) is 10.3. The van der Waals surface area contributed by atoms with Crippen LogP contribution in [0.3, 0.4) is 0 Å². The Bertz CT molecular complexity index is 658. The molecule has 0 radical (unpaired) electrons. The molecule has 0 bridgehead atoms. The lowest BCUT2D eigenvalue weighted by Crippen LogP contribution is -2.11. The minimum Gasteiger partial charge on any atom is -0.381 e. The van der Waals surface area contributed by atoms with Crippen molar-refractivity contribution < 1.29 is 4.79 Å². The first-order chi connectivity index (χ1) is 9.49. The van der Waals surface area contributed by atoms with E-state index in [1.165, 1.54) is 0 Å². The van der Waals surface area contributed by atoms with E-state index in [1.807, 2.05) is 31.2 Å². The van der Waals surface area contributed by atoms with E-state index in [2.05, 4.69) is 21.2 Å². The summed E-state index contributed by atoms with van der Waals surface area (Å²) in [4.78, 5) is 11.1. The van der Waals surface area contributed by atoms with Crippen LogP contribution < -0.4 is 11.1 Å². The van der Waals surface area contributed by atoms with Crippen LogP contribution in [0.2, 0.25) is 5.02 Å². The van der Waals surface area contributed by atoms with Crippen LogP contribution in [0, 0.1) is 6.92 Å². The number of anilines is 1. The summed E-state index contributed by atoms with van der Waals surface area (Å²) in [6, 6.07) is 11.1. The van der Waals surface area contributed by atoms with Crippen LogP contribution in [-0.2, 0) is 6.54 Å². The maximum absolute atomic E-state index is 11.1. The van der Waals surface area contributed by atoms with Crippen molar-refractivity contribution in [2.24, 2.45) is 5.73 Å². The van der Waals surface area contributed by atoms with Crippen LogP contribution in [0.15, 0.2) is 40.9 Å². The van der Waals surface area contributed by atoms with Gasteiger partial charge in [-0.25, -0.2) is 0 Å². The van der Waals surface area contributed by atoms with Gasteiger partial charge in [0.05, 0.1) is 0 Å². The van der Waals surface area contributed by atoms with E-state index in [1.54, 1.807) is 12.1 Å². The molecular formula is C15H14BrClN2O. The molecule has 2 aromatic carbocycles. The molecule has 0 atom stereocenters. The fourth-order valence-corrected chi connectivity index (χ4v) is 2.45. The summed E-state index contributed by atoms with van der Waals surface area (Å²) in [5.74, 6) is -0.478. The highest BCUT2D eigenvalue weighted by molar-refractivity contribution is 9.10. The third kappa shape index (κ3) is 3.32. The molecular weight excluding hydrogens is 340 g/mol. The Morgan fingerprint density at radius 2 is 2.10 bits per heavy atom. The summed E-state index contributed by atoms with van der Waals surface area (Å²) in [6.45, 7) is 2.61. The van der Waals surface area contributed by atoms with Crippen LogP contribution in [0.5, 0.6) is 0 Å². The van der Waals surface area contributed by atoms with E-state index >= 15 is 0 Å². The van der Waals surface area contributed by atoms with E-state index in [4.69, 9.17) is 17.3 Å². The molecule has 1 amide bonds. The van der Waals surface area contributed by atoms with E-state index in [0.29, 0.717) is 17.1 Å². The fourth-order valence-electron chi connectivity index (χ4n) is 1.83. The number of hydrogen-bond acceptors (Lipinski definition) is 2. The number of rotatable bonds is 4. The molecule has 3 N–H and O–H groups in total. The zero-order valence-corrected chi connectivity index (χ0v) is 13.3. The molecule has 104 valence electrons. The largest absolute Gasteiger partial charge is 0.381 e. The molecule has 5 heteroatoms. The second kappa shape index (κ2) is 6.29. The number of carbonyl (C=O) groups excluding carboxylic acids is 1. The van der Waals surface area contributed by atoms with Gasteiger partial charge in [-0.1, -0.05) is 39.7 Å². The molecule has 3 nitrogen and oxygen atoms in total. The Balaban J connectivity index is 2.15. The second-order valence-corrected chi connectivity index (χ2v) is 5.70. The van der Waals surface area contributed by atoms with Gasteiger partial charge in [0.25, 0.3) is 0 Å². The van der Waals surface area contributed by atoms with E-state index in [0.717, 1.165) is 21.3 Å². The molecule has 0 spiro atoms. The van der Waals surface area contributed by atoms with Crippen molar-refractivity contribution in [1.29, 1.82) is 0 Å². The first-order valence-corrected chi connectivity index (χ1v) is 7.23. The molecule has 0 aliphatic carbocycles. The van der Waals surface area contributed by atoms with Gasteiger partial charge in [0.15, 0.2) is 0 Å². The fraction of sp³-hybridized carbons (Fsp3) is 0.133. The lowest BCUT2D eigenvalue weighted by molar-refractivity contribution is 0.100. The van der Waals surface area contributed by atoms with Crippen molar-refractivity contribution in [3.63, 3.8) is 0 Å². The number of amides is 1. The molecule has 0 saturated carbocycles. The highest BCUT2D eigenvalue weighted by Gasteiger charge is 2.07. The summed E-state index contributed by atoms with van der Waals surface area (Å²) < 4.78 is 1.05. The molecule has 2 rings (SSSR count). The predicted molar refractivity (Wildman–Crippen MR) is 86.2 cm³/mol. The second-order valence-electron chi connectivity index (χ2n) is 4.44. The molecule has 0 heterocycles. The molecule has 2 aromatic rings. The average molecular weight is 354 g/mol. The van der Waals surface area contributed by atoms with Crippen molar-refractivity contribution in [3.8, 4) is 0 Å². The zero-order chi connectivity index (χ0) is 14.7. The summed E-state index contributed by atoms with van der Waals surface area (Å²) >= 11 is 9.65. The first-order valence-electron chi connectivity index (χ1n) is 6.06. The maximum atomic E-state index is 11.1. The topological polar surface area (TPSA) is 55.1 Å². The summed E-state index contributed by atoms with van der Waals surface area (Å²) in [5, 5.41) is 3.86. The van der Waals surface area contributed by atoms with Crippen LogP contribution in [0.25, 0.3) is 0 Å². The number of benzene rings is 2. The Morgan fingerprint density at radius 1 is 1.35 bits per heavy atom. The molecule has 0 saturated heterocycles. The predicted octanol–water partition coefficient (Wildman–Crippen LogP) is 4.12. The monoisotopic (exact) mass is 352 g/mol. The van der Waals surface area contributed by atoms with Gasteiger partial charge in [-0.2, -0.15) is 0 Å². The van der Waals surface area contributed by atoms with Crippen LogP contribution >= 0.6 is 27.5 Å². The third-order valence-electron chi connectivity index (χ3n) is 3.07. The standard InChI is InChI=1S/C15H14BrClN2O/c1-9-12(16)3-2-4-14(9)19-8-11-6-5-10(15(18)20)7-13(11)17/h2-7,19H,8H2,1H3,(H2,18,20). The van der Waals surface area contributed by atoms with E-state index in [9.17, 15) is 4.79 Å². The summed E-state index contributed by atoms with van der Waals surface area (Å²) in [5.41, 5.74) is 8.72. The lowest BCUT2D eigenvalue weighted by atomic mass is 10.1. The van der Waals surface area contributed by atoms with Gasteiger partial charge >= 0.3 is 0 Å². The molecule has 0 aromatic heterocycles. The van der Waals surface area contributed by atoms with Crippen LogP contribution in [0.4, 0.5) is 5.69 Å². The van der Waals surface area contributed by atoms with Gasteiger partial charge in [0.1, 0.15) is 0 Å². The Labute approximate surface area is 131 Å². The summed E-state index contributed by atoms with van der Waals surface area (Å²) in [6.07, 6.45) is 0. The lowest BCUT2D eigenvalue weighted by Gasteiger charge is -2.12. The number of carbonyl (C=O) groups is 1. The highest BCUT2D eigenvalue weighted by atomic mass is 79.9. The number of hydrogen-bond donors (Lipinski definition) is 2. The number of nitrogens with one attached hydrogen (secondary N) is 1. The first kappa shape index (κ1) is 14.9. The van der Waals surface area contributed by atoms with Gasteiger partial charge in [-0.05, 0) is 42.3 Å². The van der Waals surface area contributed by atoms with Gasteiger partial charge in [0, 0.05) is 27.3 Å². The third-order valence-corrected chi connectivity index (χ3v) is 4.29. The van der Waals surface area contributed by atoms with Crippen LogP contribution in [-0.4, -0.2) is 5.91 Å². The molecule has 0 fully saturated rings. The van der Waals surface area contributed by atoms with Crippen molar-refractivity contribution in [1.82, 2.24) is 0 Å². The van der Waals surface area contributed by atoms with Crippen LogP contribution in [0.1, 0.15) is 21.5 Å². The van der Waals surface area contributed by atoms with Gasteiger partial charge < -0.3 is 11.1 Å². The van der Waals surface area contributed by atoms with Crippen molar-refractivity contribution >= 4 is 39.1 Å². The quantitative estimate of drug-likeness (QED) is 0.868. The highest BCUT2D eigenvalue weighted by Crippen LogP contribution is 2.25. The Morgan fingerprint density at radius 3 is 2.75 bits per heavy atom. The Kier molecular flexibility index (Phi) is 4.68. The Hall–Kier alpha value is -1.52. The molecule has 0 aliphatic rings. The number of nitrogens with two attached hydrogens (primary N) is 1. The number of halogens is 2. The average Bonchev–Trinajstić information content (AvgIpc) is 2.41. The van der Waals surface area contributed by atoms with Gasteiger partial charge in [-0.3, -0.25) is 4.79 Å². The maximum Gasteiger partial charge on any atom is 0.248 e. The molecule has 20 heavy (non-hydrogen) atoms. The van der Waals surface area contributed by atoms with Crippen molar-refractivity contribution in [2.45, 2.75) is 13.5 Å². The molecule has 0 unspecified atom stereocenters. The van der Waals surface area contributed by atoms with E-state index in [-0.39, 0.29) is 0 Å².